The number of thiazole rings is 1. The van der Waals surface area contributed by atoms with Crippen LogP contribution in [0.1, 0.15) is 29.6 Å². The summed E-state index contributed by atoms with van der Waals surface area (Å²) in [6.45, 7) is 6.16. The second-order valence-corrected chi connectivity index (χ2v) is 6.43. The predicted molar refractivity (Wildman–Crippen MR) is 87.3 cm³/mol. The van der Waals surface area contributed by atoms with E-state index < -0.39 is 0 Å². The van der Waals surface area contributed by atoms with Crippen molar-refractivity contribution in [2.75, 3.05) is 13.1 Å². The maximum absolute atomic E-state index is 13.3. The number of rotatable bonds is 8. The smallest absolute Gasteiger partial charge is 0.123 e. The fourth-order valence-electron chi connectivity index (χ4n) is 2.44. The molecule has 0 fully saturated rings. The van der Waals surface area contributed by atoms with Gasteiger partial charge in [0.1, 0.15) is 5.82 Å². The molecule has 1 atom stereocenters. The fraction of sp³-hybridized carbons (Fsp3) is 0.471. The summed E-state index contributed by atoms with van der Waals surface area (Å²) in [6, 6.07) is 6.93. The van der Waals surface area contributed by atoms with Crippen LogP contribution in [0.3, 0.4) is 0 Å². The van der Waals surface area contributed by atoms with Gasteiger partial charge in [-0.25, -0.2) is 9.37 Å². The molecule has 1 unspecified atom stereocenters. The van der Waals surface area contributed by atoms with Crippen LogP contribution in [0.4, 0.5) is 4.39 Å². The van der Waals surface area contributed by atoms with E-state index >= 15 is 0 Å². The second-order valence-electron chi connectivity index (χ2n) is 5.49. The van der Waals surface area contributed by atoms with Crippen molar-refractivity contribution in [3.05, 3.63) is 51.7 Å². The number of aromatic nitrogens is 1. The summed E-state index contributed by atoms with van der Waals surface area (Å²) in [6.07, 6.45) is 2.96. The largest absolute Gasteiger partial charge is 0.316 e. The Labute approximate surface area is 130 Å². The third-order valence-electron chi connectivity index (χ3n) is 3.40. The van der Waals surface area contributed by atoms with Crippen LogP contribution in [-0.2, 0) is 12.8 Å². The summed E-state index contributed by atoms with van der Waals surface area (Å²) in [5, 5.41) is 6.74. The number of hydrogen-bond acceptors (Lipinski definition) is 3. The molecule has 0 saturated carbocycles. The Balaban J connectivity index is 2.00. The summed E-state index contributed by atoms with van der Waals surface area (Å²) in [5.41, 5.74) is 2.15. The van der Waals surface area contributed by atoms with E-state index in [9.17, 15) is 4.39 Å². The Morgan fingerprint density at radius 3 is 2.86 bits per heavy atom. The van der Waals surface area contributed by atoms with Gasteiger partial charge in [0.25, 0.3) is 0 Å². The molecule has 0 radical (unpaired) electrons. The number of nitrogens with zero attached hydrogens (tertiary/aromatic N) is 1. The molecule has 0 aliphatic heterocycles. The Hall–Kier alpha value is -1.26. The molecular weight excluding hydrogens is 283 g/mol. The van der Waals surface area contributed by atoms with Gasteiger partial charge in [0.2, 0.25) is 0 Å². The molecule has 1 aromatic carbocycles. The highest BCUT2D eigenvalue weighted by Gasteiger charge is 2.13. The number of aryl methyl sites for hydroxylation is 1. The topological polar surface area (TPSA) is 24.9 Å². The number of nitrogens with one attached hydrogen (secondary N) is 1. The Kier molecular flexibility index (Phi) is 6.33. The molecule has 0 aliphatic carbocycles. The van der Waals surface area contributed by atoms with Gasteiger partial charge in [-0.05, 0) is 56.5 Å². The van der Waals surface area contributed by atoms with Crippen molar-refractivity contribution in [3.63, 3.8) is 0 Å². The van der Waals surface area contributed by atoms with Gasteiger partial charge in [-0.15, -0.1) is 11.3 Å². The average Bonchev–Trinajstić information content (AvgIpc) is 2.84. The lowest BCUT2D eigenvalue weighted by Crippen LogP contribution is -2.26. The van der Waals surface area contributed by atoms with Crippen molar-refractivity contribution in [1.29, 1.82) is 0 Å². The number of hydrogen-bond donors (Lipinski definition) is 1. The van der Waals surface area contributed by atoms with Crippen molar-refractivity contribution in [2.45, 2.75) is 33.1 Å². The highest BCUT2D eigenvalue weighted by atomic mass is 32.1. The Morgan fingerprint density at radius 1 is 1.33 bits per heavy atom. The first kappa shape index (κ1) is 16.1. The van der Waals surface area contributed by atoms with Crippen molar-refractivity contribution < 1.29 is 4.39 Å². The lowest BCUT2D eigenvalue weighted by Gasteiger charge is -2.16. The normalized spacial score (nSPS) is 12.5. The van der Waals surface area contributed by atoms with Crippen molar-refractivity contribution in [3.8, 4) is 0 Å². The summed E-state index contributed by atoms with van der Waals surface area (Å²) < 4.78 is 13.3. The molecule has 0 spiro atoms. The van der Waals surface area contributed by atoms with Crippen molar-refractivity contribution >= 4 is 11.3 Å². The van der Waals surface area contributed by atoms with Gasteiger partial charge in [-0.3, -0.25) is 0 Å². The standard InChI is InChI=1S/C17H23FN2S/c1-3-7-19-11-15(10-17-20-13(2)12-21-17)8-14-5-4-6-16(18)9-14/h4-6,9,12,15,19H,3,7-8,10-11H2,1-2H3. The molecule has 1 heterocycles. The Morgan fingerprint density at radius 2 is 2.19 bits per heavy atom. The third-order valence-corrected chi connectivity index (χ3v) is 4.39. The van der Waals surface area contributed by atoms with Gasteiger partial charge in [0, 0.05) is 17.5 Å². The molecule has 1 N–H and O–H groups in total. The molecule has 0 aliphatic rings. The SMILES string of the molecule is CCCNCC(Cc1cccc(F)c1)Cc1nc(C)cs1. The van der Waals surface area contributed by atoms with Crippen LogP contribution in [0, 0.1) is 18.7 Å². The van der Waals surface area contributed by atoms with Crippen LogP contribution in [0.2, 0.25) is 0 Å². The quantitative estimate of drug-likeness (QED) is 0.746. The van der Waals surface area contributed by atoms with E-state index in [-0.39, 0.29) is 5.82 Å². The predicted octanol–water partition coefficient (Wildman–Crippen LogP) is 3.99. The summed E-state index contributed by atoms with van der Waals surface area (Å²) in [7, 11) is 0. The molecule has 0 bridgehead atoms. The van der Waals surface area contributed by atoms with Gasteiger partial charge in [0.05, 0.1) is 5.01 Å². The highest BCUT2D eigenvalue weighted by molar-refractivity contribution is 7.09. The van der Waals surface area contributed by atoms with E-state index in [1.165, 1.54) is 11.1 Å². The number of halogens is 1. The first-order chi connectivity index (χ1) is 10.2. The van der Waals surface area contributed by atoms with Crippen LogP contribution in [0.15, 0.2) is 29.6 Å². The monoisotopic (exact) mass is 306 g/mol. The number of benzene rings is 1. The maximum Gasteiger partial charge on any atom is 0.123 e. The zero-order valence-electron chi connectivity index (χ0n) is 12.7. The average molecular weight is 306 g/mol. The third kappa shape index (κ3) is 5.56. The van der Waals surface area contributed by atoms with E-state index in [1.807, 2.05) is 13.0 Å². The van der Waals surface area contributed by atoms with E-state index in [1.54, 1.807) is 23.5 Å². The van der Waals surface area contributed by atoms with Crippen LogP contribution in [-0.4, -0.2) is 18.1 Å². The molecule has 2 aromatic rings. The minimum absolute atomic E-state index is 0.155. The summed E-state index contributed by atoms with van der Waals surface area (Å²) in [4.78, 5) is 4.55. The lowest BCUT2D eigenvalue weighted by atomic mass is 9.96. The summed E-state index contributed by atoms with van der Waals surface area (Å²) in [5.74, 6) is 0.293. The molecule has 21 heavy (non-hydrogen) atoms. The molecular formula is C17H23FN2S. The molecule has 1 aromatic heterocycles. The zero-order valence-corrected chi connectivity index (χ0v) is 13.5. The van der Waals surface area contributed by atoms with Gasteiger partial charge in [-0.1, -0.05) is 19.1 Å². The molecule has 0 amide bonds. The second kappa shape index (κ2) is 8.25. The van der Waals surface area contributed by atoms with E-state index in [2.05, 4.69) is 22.6 Å². The highest BCUT2D eigenvalue weighted by Crippen LogP contribution is 2.18. The first-order valence-electron chi connectivity index (χ1n) is 7.53. The zero-order chi connectivity index (χ0) is 15.1. The van der Waals surface area contributed by atoms with Gasteiger partial charge >= 0.3 is 0 Å². The van der Waals surface area contributed by atoms with E-state index in [4.69, 9.17) is 0 Å². The Bertz CT molecular complexity index is 553. The van der Waals surface area contributed by atoms with Crippen LogP contribution in [0.25, 0.3) is 0 Å². The van der Waals surface area contributed by atoms with Crippen molar-refractivity contribution in [2.24, 2.45) is 5.92 Å². The minimum atomic E-state index is -0.155. The first-order valence-corrected chi connectivity index (χ1v) is 8.41. The van der Waals surface area contributed by atoms with Gasteiger partial charge < -0.3 is 5.32 Å². The maximum atomic E-state index is 13.3. The van der Waals surface area contributed by atoms with Gasteiger partial charge in [-0.2, -0.15) is 0 Å². The van der Waals surface area contributed by atoms with Crippen LogP contribution in [0.5, 0.6) is 0 Å². The van der Waals surface area contributed by atoms with E-state index in [0.29, 0.717) is 5.92 Å². The van der Waals surface area contributed by atoms with E-state index in [0.717, 1.165) is 43.6 Å². The molecule has 2 nitrogen and oxygen atoms in total. The summed E-state index contributed by atoms with van der Waals surface area (Å²) >= 11 is 1.72. The molecule has 2 rings (SSSR count). The fourth-order valence-corrected chi connectivity index (χ4v) is 3.33. The molecule has 0 saturated heterocycles. The lowest BCUT2D eigenvalue weighted by molar-refractivity contribution is 0.468. The van der Waals surface area contributed by atoms with Crippen LogP contribution < -0.4 is 5.32 Å². The van der Waals surface area contributed by atoms with Gasteiger partial charge in [0.15, 0.2) is 0 Å². The van der Waals surface area contributed by atoms with Crippen molar-refractivity contribution in [1.82, 2.24) is 10.3 Å². The van der Waals surface area contributed by atoms with Crippen LogP contribution >= 0.6 is 11.3 Å². The molecule has 114 valence electrons. The molecule has 4 heteroatoms. The minimum Gasteiger partial charge on any atom is -0.316 e.